The second kappa shape index (κ2) is 3.76. The molecule has 0 aliphatic carbocycles. The molecule has 2 aliphatic rings. The second-order valence-electron chi connectivity index (χ2n) is 3.80. The zero-order valence-electron chi connectivity index (χ0n) is 8.53. The van der Waals surface area contributed by atoms with E-state index in [4.69, 9.17) is 4.74 Å². The van der Waals surface area contributed by atoms with Gasteiger partial charge in [-0.1, -0.05) is 12.2 Å². The van der Waals surface area contributed by atoms with Gasteiger partial charge in [0.05, 0.1) is 18.8 Å². The van der Waals surface area contributed by atoms with Gasteiger partial charge in [-0.15, -0.1) is 0 Å². The number of hydrogen-bond donors (Lipinski definition) is 0. The molecule has 1 saturated heterocycles. The Labute approximate surface area is 90.2 Å². The fourth-order valence-electron chi connectivity index (χ4n) is 2.22. The minimum Gasteiger partial charge on any atom is -0.466 e. The fourth-order valence-corrected chi connectivity index (χ4v) is 2.22. The van der Waals surface area contributed by atoms with Gasteiger partial charge in [0.25, 0.3) is 0 Å². The lowest BCUT2D eigenvalue weighted by Crippen LogP contribution is -2.41. The van der Waals surface area contributed by atoms with Crippen molar-refractivity contribution in [2.24, 2.45) is 11.8 Å². The highest BCUT2D eigenvalue weighted by Gasteiger charge is 2.61. The van der Waals surface area contributed by atoms with E-state index < -0.39 is 36.2 Å². The van der Waals surface area contributed by atoms with E-state index in [0.717, 1.165) is 0 Å². The molecule has 2 rings (SSSR count). The first-order valence-corrected chi connectivity index (χ1v) is 5.02. The van der Waals surface area contributed by atoms with Crippen molar-refractivity contribution in [1.82, 2.24) is 0 Å². The molecule has 1 fully saturated rings. The number of carbonyl (C=O) groups is 1. The van der Waals surface area contributed by atoms with Gasteiger partial charge in [0.2, 0.25) is 0 Å². The summed E-state index contributed by atoms with van der Waals surface area (Å²) in [5.41, 5.74) is 0. The van der Waals surface area contributed by atoms with Crippen LogP contribution in [0.5, 0.6) is 0 Å². The molecule has 0 aromatic rings. The van der Waals surface area contributed by atoms with E-state index >= 15 is 0 Å². The molecule has 0 radical (unpaired) electrons. The Hall–Kier alpha value is -1.04. The maximum atomic E-state index is 12.7. The van der Waals surface area contributed by atoms with Gasteiger partial charge in [-0.3, -0.25) is 4.79 Å². The zero-order valence-corrected chi connectivity index (χ0v) is 8.53. The first kappa shape index (κ1) is 11.4. The summed E-state index contributed by atoms with van der Waals surface area (Å²) in [5, 5.41) is 0. The summed E-state index contributed by atoms with van der Waals surface area (Å²) in [5.74, 6) is -3.86. The molecular weight excluding hydrogens is 225 g/mol. The molecule has 3 nitrogen and oxygen atoms in total. The Kier molecular flexibility index (Phi) is 2.69. The number of hydrogen-bond acceptors (Lipinski definition) is 3. The van der Waals surface area contributed by atoms with E-state index in [1.807, 2.05) is 0 Å². The van der Waals surface area contributed by atoms with Crippen LogP contribution in [0.25, 0.3) is 0 Å². The van der Waals surface area contributed by atoms with Gasteiger partial charge in [-0.25, -0.2) is 0 Å². The predicted molar refractivity (Wildman–Crippen MR) is 47.5 cm³/mol. The number of carbonyl (C=O) groups excluding carboxylic acids is 1. The minimum atomic E-state index is -4.44. The first-order valence-electron chi connectivity index (χ1n) is 5.02. The van der Waals surface area contributed by atoms with Crippen LogP contribution >= 0.6 is 0 Å². The molecule has 0 aromatic heterocycles. The molecule has 2 heterocycles. The molecule has 2 unspecified atom stereocenters. The van der Waals surface area contributed by atoms with Gasteiger partial charge >= 0.3 is 12.1 Å². The largest absolute Gasteiger partial charge is 0.466 e. The first-order chi connectivity index (χ1) is 7.45. The maximum absolute atomic E-state index is 12.7. The van der Waals surface area contributed by atoms with Gasteiger partial charge in [0.1, 0.15) is 11.8 Å². The summed E-state index contributed by atoms with van der Waals surface area (Å²) in [4.78, 5) is 11.5. The zero-order chi connectivity index (χ0) is 11.9. The molecule has 6 heteroatoms. The summed E-state index contributed by atoms with van der Waals surface area (Å²) in [6, 6.07) is 0. The number of halogens is 3. The van der Waals surface area contributed by atoms with Gasteiger partial charge in [-0.05, 0) is 6.92 Å². The smallest absolute Gasteiger partial charge is 0.395 e. The molecule has 16 heavy (non-hydrogen) atoms. The Morgan fingerprint density at radius 2 is 2.00 bits per heavy atom. The molecule has 2 aliphatic heterocycles. The van der Waals surface area contributed by atoms with E-state index in [9.17, 15) is 18.0 Å². The average Bonchev–Trinajstić information content (AvgIpc) is 2.74. The third kappa shape index (κ3) is 1.71. The van der Waals surface area contributed by atoms with Crippen molar-refractivity contribution in [2.45, 2.75) is 25.3 Å². The molecule has 0 aromatic carbocycles. The fraction of sp³-hybridized carbons (Fsp3) is 0.700. The monoisotopic (exact) mass is 236 g/mol. The van der Waals surface area contributed by atoms with Crippen molar-refractivity contribution in [3.8, 4) is 0 Å². The number of rotatable bonds is 2. The lowest BCUT2D eigenvalue weighted by atomic mass is 9.82. The number of esters is 1. The number of alkyl halides is 3. The van der Waals surface area contributed by atoms with Crippen LogP contribution in [-0.2, 0) is 14.3 Å². The highest BCUT2D eigenvalue weighted by Crippen LogP contribution is 2.47. The lowest BCUT2D eigenvalue weighted by Gasteiger charge is -2.25. The van der Waals surface area contributed by atoms with Gasteiger partial charge in [-0.2, -0.15) is 13.2 Å². The third-order valence-corrected chi connectivity index (χ3v) is 2.84. The van der Waals surface area contributed by atoms with E-state index in [1.165, 1.54) is 12.2 Å². The Bertz CT molecular complexity index is 324. The van der Waals surface area contributed by atoms with Gasteiger partial charge in [0, 0.05) is 0 Å². The van der Waals surface area contributed by atoms with Crippen LogP contribution in [0.1, 0.15) is 6.92 Å². The topological polar surface area (TPSA) is 35.5 Å². The number of ether oxygens (including phenoxy) is 2. The van der Waals surface area contributed by atoms with Crippen LogP contribution in [0.3, 0.4) is 0 Å². The number of fused-ring (bicyclic) bond motifs is 2. The highest BCUT2D eigenvalue weighted by molar-refractivity contribution is 5.75. The standard InChI is InChI=1S/C10H11F3O3/c1-2-15-9(14)7-5-3-4-6(16-5)8(7)10(11,12)13/h3-8H,2H2,1H3/t5?,6?,7-,8-/m0/s1. The Morgan fingerprint density at radius 3 is 2.56 bits per heavy atom. The summed E-state index contributed by atoms with van der Waals surface area (Å²) >= 11 is 0. The van der Waals surface area contributed by atoms with Gasteiger partial charge < -0.3 is 9.47 Å². The molecule has 0 amide bonds. The predicted octanol–water partition coefficient (Wildman–Crippen LogP) is 1.68. The van der Waals surface area contributed by atoms with Crippen LogP contribution in [0.15, 0.2) is 12.2 Å². The molecule has 2 bridgehead atoms. The molecular formula is C10H11F3O3. The van der Waals surface area contributed by atoms with Crippen molar-refractivity contribution in [2.75, 3.05) is 6.61 Å². The van der Waals surface area contributed by atoms with E-state index in [2.05, 4.69) is 4.74 Å². The minimum absolute atomic E-state index is 0.0704. The third-order valence-electron chi connectivity index (χ3n) is 2.84. The van der Waals surface area contributed by atoms with Crippen LogP contribution < -0.4 is 0 Å². The van der Waals surface area contributed by atoms with Crippen molar-refractivity contribution >= 4 is 5.97 Å². The molecule has 0 N–H and O–H groups in total. The van der Waals surface area contributed by atoms with E-state index in [1.54, 1.807) is 6.92 Å². The summed E-state index contributed by atoms with van der Waals surface area (Å²) in [7, 11) is 0. The summed E-state index contributed by atoms with van der Waals surface area (Å²) in [6.45, 7) is 1.63. The van der Waals surface area contributed by atoms with Crippen LogP contribution in [0.2, 0.25) is 0 Å². The van der Waals surface area contributed by atoms with Crippen molar-refractivity contribution in [1.29, 1.82) is 0 Å². The SMILES string of the molecule is CCOC(=O)[C@H]1C2C=CC(O2)[C@@H]1C(F)(F)F. The van der Waals surface area contributed by atoms with Crippen molar-refractivity contribution < 1.29 is 27.4 Å². The molecule has 0 saturated carbocycles. The van der Waals surface area contributed by atoms with Crippen molar-refractivity contribution in [3.05, 3.63) is 12.2 Å². The van der Waals surface area contributed by atoms with Crippen LogP contribution in [0.4, 0.5) is 13.2 Å². The quantitative estimate of drug-likeness (QED) is 0.540. The normalized spacial score (nSPS) is 36.8. The average molecular weight is 236 g/mol. The van der Waals surface area contributed by atoms with E-state index in [0.29, 0.717) is 0 Å². The highest BCUT2D eigenvalue weighted by atomic mass is 19.4. The summed E-state index contributed by atoms with van der Waals surface area (Å²) < 4.78 is 48.0. The van der Waals surface area contributed by atoms with Crippen LogP contribution in [-0.4, -0.2) is 31.0 Å². The summed E-state index contributed by atoms with van der Waals surface area (Å²) in [6.07, 6.45) is -3.43. The second-order valence-corrected chi connectivity index (χ2v) is 3.80. The van der Waals surface area contributed by atoms with Crippen LogP contribution in [0, 0.1) is 11.8 Å². The molecule has 4 atom stereocenters. The molecule has 90 valence electrons. The van der Waals surface area contributed by atoms with E-state index in [-0.39, 0.29) is 6.61 Å². The Morgan fingerprint density at radius 1 is 1.38 bits per heavy atom. The van der Waals surface area contributed by atoms with Crippen molar-refractivity contribution in [3.63, 3.8) is 0 Å². The molecule has 0 spiro atoms. The maximum Gasteiger partial charge on any atom is 0.395 e. The Balaban J connectivity index is 2.22. The lowest BCUT2D eigenvalue weighted by molar-refractivity contribution is -0.197. The van der Waals surface area contributed by atoms with Gasteiger partial charge in [0.15, 0.2) is 0 Å².